The molecule has 0 unspecified atom stereocenters. The minimum absolute atomic E-state index is 0.125. The van der Waals surface area contributed by atoms with Crippen molar-refractivity contribution in [2.75, 3.05) is 0 Å². The van der Waals surface area contributed by atoms with Crippen LogP contribution in [0, 0.1) is 0 Å². The molecule has 0 aliphatic heterocycles. The lowest BCUT2D eigenvalue weighted by atomic mass is 9.67. The van der Waals surface area contributed by atoms with E-state index in [1.165, 1.54) is 18.3 Å². The summed E-state index contributed by atoms with van der Waals surface area (Å²) in [5.41, 5.74) is 0. The lowest BCUT2D eigenvalue weighted by Crippen LogP contribution is -2.06. The number of aromatic nitrogens is 3. The van der Waals surface area contributed by atoms with Crippen molar-refractivity contribution in [3.63, 3.8) is 0 Å². The van der Waals surface area contributed by atoms with Gasteiger partial charge in [0.2, 0.25) is 22.2 Å². The average Bonchev–Trinajstić information content (AvgIpc) is 2.79. The Bertz CT molecular complexity index is 582. The Hall–Kier alpha value is -1.56. The predicted octanol–water partition coefficient (Wildman–Crippen LogP) is -0.338. The van der Waals surface area contributed by atoms with Crippen LogP contribution in [-0.4, -0.2) is 38.4 Å². The highest BCUT2D eigenvalue weighted by Gasteiger charge is 2.20. The Balaban J connectivity index is 2.47. The van der Waals surface area contributed by atoms with Gasteiger partial charge in [-0.1, -0.05) is 23.4 Å². The molecule has 0 fully saturated rings. The van der Waals surface area contributed by atoms with E-state index in [0.717, 1.165) is 11.9 Å². The molecule has 2 aromatic rings. The number of hydrogen-bond donors (Lipinski definition) is 0. The molecule has 1 aromatic heterocycles. The minimum atomic E-state index is -3.60. The van der Waals surface area contributed by atoms with Gasteiger partial charge in [0.05, 0.1) is 4.90 Å². The Morgan fingerprint density at radius 3 is 2.50 bits per heavy atom. The molecule has 1 aromatic carbocycles. The van der Waals surface area contributed by atoms with Crippen molar-refractivity contribution in [2.24, 2.45) is 0 Å². The predicted molar refractivity (Wildman–Crippen MR) is 58.8 cm³/mol. The van der Waals surface area contributed by atoms with Crippen molar-refractivity contribution in [1.29, 1.82) is 0 Å². The van der Waals surface area contributed by atoms with Crippen LogP contribution >= 0.6 is 0 Å². The Morgan fingerprint density at radius 2 is 1.94 bits per heavy atom. The molecule has 0 aliphatic carbocycles. The maximum absolute atomic E-state index is 12.0. The van der Waals surface area contributed by atoms with Crippen LogP contribution in [-0.2, 0) is 9.84 Å². The van der Waals surface area contributed by atoms with Crippen LogP contribution in [0.25, 0.3) is 0 Å². The SMILES string of the molecule is [B][B]n1cc(S(=O)(=O)c2ccccc2)nn1. The minimum Gasteiger partial charge on any atom is -0.313 e. The van der Waals surface area contributed by atoms with Gasteiger partial charge in [-0.2, -0.15) is 0 Å². The van der Waals surface area contributed by atoms with E-state index < -0.39 is 9.84 Å². The van der Waals surface area contributed by atoms with E-state index in [1.807, 2.05) is 0 Å². The number of benzene rings is 1. The highest BCUT2D eigenvalue weighted by molar-refractivity contribution is 7.91. The number of sulfone groups is 1. The second-order valence-corrected chi connectivity index (χ2v) is 4.90. The number of rotatable bonds is 3. The molecule has 0 aliphatic rings. The highest BCUT2D eigenvalue weighted by Crippen LogP contribution is 2.17. The first-order chi connectivity index (χ1) is 7.64. The van der Waals surface area contributed by atoms with Crippen LogP contribution in [0.4, 0.5) is 0 Å². The summed E-state index contributed by atoms with van der Waals surface area (Å²) in [6, 6.07) is 8.03. The van der Waals surface area contributed by atoms with Gasteiger partial charge in [-0.15, -0.1) is 5.10 Å². The fourth-order valence-corrected chi connectivity index (χ4v) is 2.32. The van der Waals surface area contributed by atoms with E-state index >= 15 is 0 Å². The maximum atomic E-state index is 12.0. The molecule has 1 heterocycles. The van der Waals surface area contributed by atoms with E-state index in [9.17, 15) is 8.42 Å². The van der Waals surface area contributed by atoms with Gasteiger partial charge in [-0.3, -0.25) is 0 Å². The van der Waals surface area contributed by atoms with Crippen LogP contribution in [0.1, 0.15) is 0 Å². The summed E-state index contributed by atoms with van der Waals surface area (Å²) in [5.74, 6) is 0. The first kappa shape index (κ1) is 10.9. The molecule has 5 nitrogen and oxygen atoms in total. The van der Waals surface area contributed by atoms with Gasteiger partial charge in [0.15, 0.2) is 0 Å². The second kappa shape index (κ2) is 4.13. The van der Waals surface area contributed by atoms with Crippen molar-refractivity contribution in [2.45, 2.75) is 9.92 Å². The quantitative estimate of drug-likeness (QED) is 0.676. The van der Waals surface area contributed by atoms with Crippen molar-refractivity contribution in [3.05, 3.63) is 36.5 Å². The molecule has 8 heteroatoms. The lowest BCUT2D eigenvalue weighted by Gasteiger charge is -1.98. The van der Waals surface area contributed by atoms with Crippen LogP contribution in [0.5, 0.6) is 0 Å². The monoisotopic (exact) mass is 230 g/mol. The first-order valence-electron chi connectivity index (χ1n) is 4.41. The molecule has 2 rings (SSSR count). The molecule has 0 N–H and O–H groups in total. The van der Waals surface area contributed by atoms with Crippen molar-refractivity contribution in [1.82, 2.24) is 14.9 Å². The molecule has 16 heavy (non-hydrogen) atoms. The Morgan fingerprint density at radius 1 is 1.25 bits per heavy atom. The Labute approximate surface area is 95.1 Å². The summed E-state index contributed by atoms with van der Waals surface area (Å²) in [7, 11) is 2.71. The molecule has 0 spiro atoms. The van der Waals surface area contributed by atoms with Crippen molar-refractivity contribution < 1.29 is 8.42 Å². The highest BCUT2D eigenvalue weighted by atomic mass is 32.2. The molecule has 0 atom stereocenters. The van der Waals surface area contributed by atoms with Crippen molar-refractivity contribution in [3.8, 4) is 0 Å². The topological polar surface area (TPSA) is 64.8 Å². The third kappa shape index (κ3) is 1.88. The zero-order valence-electron chi connectivity index (χ0n) is 8.19. The summed E-state index contributed by atoms with van der Waals surface area (Å²) in [4.78, 5) is 0.180. The largest absolute Gasteiger partial charge is 0.313 e. The average molecular weight is 230 g/mol. The third-order valence-corrected chi connectivity index (χ3v) is 3.60. The molecule has 0 amide bonds. The summed E-state index contributed by atoms with van der Waals surface area (Å²) in [5, 5.41) is 6.96. The molecule has 0 saturated carbocycles. The van der Waals surface area contributed by atoms with Crippen LogP contribution in [0.2, 0.25) is 0 Å². The summed E-state index contributed by atoms with van der Waals surface area (Å²) < 4.78 is 25.1. The van der Waals surface area contributed by atoms with Crippen LogP contribution in [0.3, 0.4) is 0 Å². The zero-order chi connectivity index (χ0) is 11.6. The van der Waals surface area contributed by atoms with Gasteiger partial charge in [0.1, 0.15) is 0 Å². The normalized spacial score (nSPS) is 11.2. The number of hydrogen-bond acceptors (Lipinski definition) is 4. The fourth-order valence-electron chi connectivity index (χ4n) is 1.18. The third-order valence-electron chi connectivity index (χ3n) is 1.97. The van der Waals surface area contributed by atoms with Gasteiger partial charge in [-0.05, 0) is 12.1 Å². The van der Waals surface area contributed by atoms with Crippen molar-refractivity contribution >= 4 is 24.9 Å². The summed E-state index contributed by atoms with van der Waals surface area (Å²) >= 11 is 0. The zero-order valence-corrected chi connectivity index (χ0v) is 9.00. The van der Waals surface area contributed by atoms with Crippen LogP contribution in [0.15, 0.2) is 46.5 Å². The Kier molecular flexibility index (Phi) is 2.82. The molecule has 0 saturated heterocycles. The smallest absolute Gasteiger partial charge is 0.227 e. The number of nitrogens with zero attached hydrogens (tertiary/aromatic N) is 3. The van der Waals surface area contributed by atoms with Gasteiger partial charge < -0.3 is 4.59 Å². The first-order valence-corrected chi connectivity index (χ1v) is 5.90. The molecular weight excluding hydrogens is 224 g/mol. The van der Waals surface area contributed by atoms with Crippen LogP contribution < -0.4 is 0 Å². The van der Waals surface area contributed by atoms with Gasteiger partial charge in [-0.25, -0.2) is 8.42 Å². The fraction of sp³-hybridized carbons (Fsp3) is 0. The van der Waals surface area contributed by atoms with Gasteiger partial charge in [0.25, 0.3) is 0 Å². The van der Waals surface area contributed by atoms with E-state index in [1.54, 1.807) is 18.2 Å². The van der Waals surface area contributed by atoms with E-state index in [2.05, 4.69) is 10.3 Å². The maximum Gasteiger partial charge on any atom is 0.227 e. The standard InChI is InChI=1S/C8H6B2N3O2S/c9-10-13-6-8(11-12-13)16(14,15)7-4-2-1-3-5-7/h1-6H. The van der Waals surface area contributed by atoms with Gasteiger partial charge in [0, 0.05) is 13.9 Å². The molecule has 77 valence electrons. The van der Waals surface area contributed by atoms with E-state index in [4.69, 9.17) is 7.74 Å². The van der Waals surface area contributed by atoms with E-state index in [0.29, 0.717) is 0 Å². The molecule has 3 radical (unpaired) electrons. The summed E-state index contributed by atoms with van der Waals surface area (Å²) in [6.07, 6.45) is 1.25. The molecule has 0 bridgehead atoms. The molecular formula is C8H6B2N3O2S. The lowest BCUT2D eigenvalue weighted by molar-refractivity contribution is 0.592. The second-order valence-electron chi connectivity index (χ2n) is 3.00. The van der Waals surface area contributed by atoms with Gasteiger partial charge >= 0.3 is 0 Å². The summed E-state index contributed by atoms with van der Waals surface area (Å²) in [6.45, 7) is 0. The van der Waals surface area contributed by atoms with E-state index in [-0.39, 0.29) is 9.92 Å².